The summed E-state index contributed by atoms with van der Waals surface area (Å²) in [6.07, 6.45) is 0. The van der Waals surface area contributed by atoms with Crippen LogP contribution in [0.3, 0.4) is 0 Å². The molecule has 2 rings (SSSR count). The minimum Gasteiger partial charge on any atom is -0.489 e. The molecule has 0 fully saturated rings. The van der Waals surface area contributed by atoms with Crippen LogP contribution in [0.2, 0.25) is 0 Å². The van der Waals surface area contributed by atoms with E-state index in [0.717, 1.165) is 17.7 Å². The molecule has 0 aliphatic rings. The molecule has 102 valence electrons. The first kappa shape index (κ1) is 18.3. The number of hydrogen-bond acceptors (Lipinski definition) is 2. The smallest absolute Gasteiger partial charge is 0.489 e. The maximum atomic E-state index is 12.6. The van der Waals surface area contributed by atoms with E-state index in [0.29, 0.717) is 5.56 Å². The minimum atomic E-state index is -5.03. The zero-order chi connectivity index (χ0) is 14.6. The number of nitriles is 1. The summed E-state index contributed by atoms with van der Waals surface area (Å²) in [6.45, 7) is -4.91. The van der Waals surface area contributed by atoms with E-state index in [2.05, 4.69) is 0 Å². The van der Waals surface area contributed by atoms with Gasteiger partial charge in [-0.25, -0.2) is 0 Å². The molecular weight excluding hydrogens is 305 g/mol. The van der Waals surface area contributed by atoms with Crippen molar-refractivity contribution in [1.82, 2.24) is 0 Å². The number of rotatable bonds is 4. The van der Waals surface area contributed by atoms with Crippen molar-refractivity contribution >= 4 is 12.4 Å². The quantitative estimate of drug-likeness (QED) is 0.755. The van der Waals surface area contributed by atoms with Gasteiger partial charge in [0.25, 0.3) is 0 Å². The van der Waals surface area contributed by atoms with Gasteiger partial charge in [0.1, 0.15) is 12.4 Å². The summed E-state index contributed by atoms with van der Waals surface area (Å²) in [5, 5.41) is 8.76. The Balaban J connectivity index is 0.00000220. The largest absolute Gasteiger partial charge is 1.00 e. The van der Waals surface area contributed by atoms with Gasteiger partial charge in [0.15, 0.2) is 0 Å². The second-order valence-corrected chi connectivity index (χ2v) is 4.25. The van der Waals surface area contributed by atoms with Crippen LogP contribution in [-0.4, -0.2) is 6.98 Å². The third-order valence-electron chi connectivity index (χ3n) is 2.70. The molecule has 7 heteroatoms. The van der Waals surface area contributed by atoms with E-state index < -0.39 is 12.4 Å². The van der Waals surface area contributed by atoms with Crippen LogP contribution >= 0.6 is 0 Å². The Hall–Kier alpha value is -0.779. The molecule has 2 nitrogen and oxygen atoms in total. The van der Waals surface area contributed by atoms with Crippen molar-refractivity contribution in [3.8, 4) is 11.8 Å². The Morgan fingerprint density at radius 2 is 1.76 bits per heavy atom. The van der Waals surface area contributed by atoms with Crippen LogP contribution in [0.4, 0.5) is 12.9 Å². The summed E-state index contributed by atoms with van der Waals surface area (Å²) < 4.78 is 43.1. The van der Waals surface area contributed by atoms with Crippen LogP contribution < -0.4 is 61.6 Å². The second-order valence-electron chi connectivity index (χ2n) is 4.25. The molecule has 0 spiro atoms. The van der Waals surface area contributed by atoms with Gasteiger partial charge in [-0.05, 0) is 29.8 Å². The second kappa shape index (κ2) is 8.01. The maximum Gasteiger partial charge on any atom is 1.00 e. The first-order valence-corrected chi connectivity index (χ1v) is 5.91. The van der Waals surface area contributed by atoms with Crippen LogP contribution in [-0.2, 0) is 6.61 Å². The number of ether oxygens (including phenoxy) is 1. The number of nitrogens with zero attached hydrogens (tertiary/aromatic N) is 1. The van der Waals surface area contributed by atoms with E-state index in [4.69, 9.17) is 10.00 Å². The molecule has 0 bridgehead atoms. The molecule has 0 aromatic heterocycles. The predicted molar refractivity (Wildman–Crippen MR) is 70.6 cm³/mol. The van der Waals surface area contributed by atoms with Gasteiger partial charge in [-0.2, -0.15) is 5.26 Å². The Bertz CT molecular complexity index is 655. The summed E-state index contributed by atoms with van der Waals surface area (Å²) in [5.41, 5.74) is 0.527. The fourth-order valence-electron chi connectivity index (χ4n) is 1.71. The topological polar surface area (TPSA) is 33.0 Å². The first-order valence-electron chi connectivity index (χ1n) is 5.91. The van der Waals surface area contributed by atoms with E-state index in [1.807, 2.05) is 6.07 Å². The number of halogens is 3. The molecule has 0 unspecified atom stereocenters. The van der Waals surface area contributed by atoms with Gasteiger partial charge >= 0.3 is 58.4 Å². The Kier molecular flexibility index (Phi) is 6.97. The molecule has 2 aromatic rings. The minimum absolute atomic E-state index is 0. The molecule has 2 aromatic carbocycles. The molecule has 0 N–H and O–H groups in total. The monoisotopic (exact) mass is 315 g/mol. The van der Waals surface area contributed by atoms with Crippen molar-refractivity contribution in [2.75, 3.05) is 0 Å². The number of hydrogen-bond donors (Lipinski definition) is 0. The zero-order valence-corrected chi connectivity index (χ0v) is 14.5. The molecule has 0 amide bonds. The Morgan fingerprint density at radius 3 is 2.43 bits per heavy atom. The number of benzene rings is 2. The summed E-state index contributed by atoms with van der Waals surface area (Å²) in [5.74, 6) is 0.157. The van der Waals surface area contributed by atoms with Crippen molar-refractivity contribution < 1.29 is 69.1 Å². The van der Waals surface area contributed by atoms with E-state index in [-0.39, 0.29) is 63.7 Å². The zero-order valence-electron chi connectivity index (χ0n) is 11.4. The van der Waals surface area contributed by atoms with Crippen molar-refractivity contribution in [3.63, 3.8) is 0 Å². The molecule has 0 radical (unpaired) electrons. The van der Waals surface area contributed by atoms with E-state index in [1.165, 1.54) is 12.1 Å². The van der Waals surface area contributed by atoms with Crippen molar-refractivity contribution in [1.29, 1.82) is 5.26 Å². The Labute approximate surface area is 163 Å². The van der Waals surface area contributed by atoms with Gasteiger partial charge in [-0.15, -0.1) is 5.46 Å². The van der Waals surface area contributed by atoms with Gasteiger partial charge in [0.2, 0.25) is 0 Å². The molecule has 0 heterocycles. The molecule has 0 saturated carbocycles. The standard InChI is InChI=1S/C14H10BF3NO.K/c16-15(17,18)13-5-2-6-14(8-13)20-10-12-4-1-3-11(7-12)9-19;/h1-8H,10H2;/q-1;+1. The van der Waals surface area contributed by atoms with Crippen LogP contribution in [0.15, 0.2) is 48.5 Å². The third-order valence-corrected chi connectivity index (χ3v) is 2.70. The average molecular weight is 315 g/mol. The van der Waals surface area contributed by atoms with E-state index >= 15 is 0 Å². The van der Waals surface area contributed by atoms with Crippen LogP contribution in [0.25, 0.3) is 0 Å². The molecular formula is C14H10BF3KNO. The molecule has 21 heavy (non-hydrogen) atoms. The molecule has 0 aliphatic carbocycles. The van der Waals surface area contributed by atoms with Crippen molar-refractivity contribution in [3.05, 3.63) is 59.7 Å². The third kappa shape index (κ3) is 5.49. The van der Waals surface area contributed by atoms with Gasteiger partial charge in [0.05, 0.1) is 11.6 Å². The van der Waals surface area contributed by atoms with Gasteiger partial charge in [-0.1, -0.05) is 24.3 Å². The SMILES string of the molecule is N#Cc1cccc(COc2cccc([B-](F)(F)F)c2)c1.[K+]. The normalized spacial score (nSPS) is 10.4. The predicted octanol–water partition coefficient (Wildman–Crippen LogP) is 0.196. The average Bonchev–Trinajstić information content (AvgIpc) is 2.45. The van der Waals surface area contributed by atoms with Crippen LogP contribution in [0.5, 0.6) is 5.75 Å². The van der Waals surface area contributed by atoms with E-state index in [1.54, 1.807) is 24.3 Å². The molecule has 0 saturated heterocycles. The van der Waals surface area contributed by atoms with Crippen molar-refractivity contribution in [2.24, 2.45) is 0 Å². The van der Waals surface area contributed by atoms with Crippen LogP contribution in [0, 0.1) is 11.3 Å². The van der Waals surface area contributed by atoms with Crippen LogP contribution in [0.1, 0.15) is 11.1 Å². The van der Waals surface area contributed by atoms with E-state index in [9.17, 15) is 12.9 Å². The summed E-state index contributed by atoms with van der Waals surface area (Å²) in [7, 11) is 0. The van der Waals surface area contributed by atoms with Crippen molar-refractivity contribution in [2.45, 2.75) is 6.61 Å². The van der Waals surface area contributed by atoms with Gasteiger partial charge in [-0.3, -0.25) is 0 Å². The fraction of sp³-hybridized carbons (Fsp3) is 0.0714. The fourth-order valence-corrected chi connectivity index (χ4v) is 1.71. The molecule has 0 aliphatic heterocycles. The molecule has 0 atom stereocenters. The summed E-state index contributed by atoms with van der Waals surface area (Å²) >= 11 is 0. The summed E-state index contributed by atoms with van der Waals surface area (Å²) in [4.78, 5) is 0. The maximum absolute atomic E-state index is 12.6. The first-order chi connectivity index (χ1) is 9.49. The Morgan fingerprint density at radius 1 is 1.05 bits per heavy atom. The summed E-state index contributed by atoms with van der Waals surface area (Å²) in [6, 6.07) is 13.5. The van der Waals surface area contributed by atoms with Gasteiger partial charge < -0.3 is 17.7 Å². The van der Waals surface area contributed by atoms with Gasteiger partial charge in [0, 0.05) is 0 Å².